The Hall–Kier alpha value is -2.37. The molecular weight excluding hydrogens is 376 g/mol. The molecule has 4 aliphatic carbocycles. The van der Waals surface area contributed by atoms with Gasteiger partial charge in [0.1, 0.15) is 0 Å². The molecule has 1 aromatic carbocycles. The zero-order valence-corrected chi connectivity index (χ0v) is 17.8. The minimum absolute atomic E-state index is 0.000525. The molecule has 0 aliphatic heterocycles. The Morgan fingerprint density at radius 1 is 1.07 bits per heavy atom. The number of aromatic nitrogens is 2. The SMILES string of the molecule is CCCn1c(NC(=O)CNC(=O)CC23CC4CC(CC(C4)C2)C3)nc2ccccc21. The van der Waals surface area contributed by atoms with Gasteiger partial charge in [0.2, 0.25) is 17.8 Å². The Balaban J connectivity index is 1.18. The van der Waals surface area contributed by atoms with Crippen molar-refractivity contribution in [2.24, 2.45) is 23.2 Å². The smallest absolute Gasteiger partial charge is 0.246 e. The third-order valence-corrected chi connectivity index (χ3v) is 7.50. The molecular formula is C24H32N4O2. The van der Waals surface area contributed by atoms with Crippen LogP contribution in [0.2, 0.25) is 0 Å². The van der Waals surface area contributed by atoms with Crippen LogP contribution in [-0.2, 0) is 16.1 Å². The zero-order valence-electron chi connectivity index (χ0n) is 17.8. The Labute approximate surface area is 177 Å². The van der Waals surface area contributed by atoms with E-state index in [2.05, 4.69) is 22.5 Å². The number of hydrogen-bond acceptors (Lipinski definition) is 3. The van der Waals surface area contributed by atoms with Crippen LogP contribution in [0.5, 0.6) is 0 Å². The number of carbonyl (C=O) groups excluding carboxylic acids is 2. The molecule has 30 heavy (non-hydrogen) atoms. The summed E-state index contributed by atoms with van der Waals surface area (Å²) >= 11 is 0. The van der Waals surface area contributed by atoms with E-state index in [-0.39, 0.29) is 23.8 Å². The van der Waals surface area contributed by atoms with Crippen LogP contribution < -0.4 is 10.6 Å². The number of fused-ring (bicyclic) bond motifs is 1. The van der Waals surface area contributed by atoms with Crippen molar-refractivity contribution < 1.29 is 9.59 Å². The lowest BCUT2D eigenvalue weighted by Gasteiger charge is -2.56. The van der Waals surface area contributed by atoms with Crippen molar-refractivity contribution in [1.29, 1.82) is 0 Å². The van der Waals surface area contributed by atoms with Crippen molar-refractivity contribution in [1.82, 2.24) is 14.9 Å². The van der Waals surface area contributed by atoms with Crippen LogP contribution in [0, 0.1) is 23.2 Å². The van der Waals surface area contributed by atoms with Crippen LogP contribution in [-0.4, -0.2) is 27.9 Å². The molecule has 0 unspecified atom stereocenters. The predicted octanol–water partition coefficient (Wildman–Crippen LogP) is 4.11. The summed E-state index contributed by atoms with van der Waals surface area (Å²) in [5.41, 5.74) is 2.08. The Bertz CT molecular complexity index is 928. The third-order valence-electron chi connectivity index (χ3n) is 7.50. The van der Waals surface area contributed by atoms with E-state index in [0.717, 1.165) is 41.8 Å². The lowest BCUT2D eigenvalue weighted by atomic mass is 9.49. The van der Waals surface area contributed by atoms with Crippen molar-refractivity contribution in [3.8, 4) is 0 Å². The summed E-state index contributed by atoms with van der Waals surface area (Å²) in [6.07, 6.45) is 9.29. The molecule has 2 aromatic rings. The van der Waals surface area contributed by atoms with Gasteiger partial charge in [-0.05, 0) is 80.2 Å². The molecule has 6 nitrogen and oxygen atoms in total. The molecule has 6 heteroatoms. The van der Waals surface area contributed by atoms with Crippen LogP contribution in [0.1, 0.15) is 58.3 Å². The van der Waals surface area contributed by atoms with E-state index in [1.54, 1.807) is 0 Å². The second-order valence-electron chi connectivity index (χ2n) is 10.00. The highest BCUT2D eigenvalue weighted by Gasteiger charge is 2.51. The molecule has 160 valence electrons. The van der Waals surface area contributed by atoms with Crippen molar-refractivity contribution in [3.05, 3.63) is 24.3 Å². The van der Waals surface area contributed by atoms with Gasteiger partial charge in [0, 0.05) is 13.0 Å². The Morgan fingerprint density at radius 3 is 2.40 bits per heavy atom. The highest BCUT2D eigenvalue weighted by atomic mass is 16.2. The Morgan fingerprint density at radius 2 is 1.73 bits per heavy atom. The molecule has 4 aliphatic rings. The Kier molecular flexibility index (Phi) is 5.03. The molecule has 4 saturated carbocycles. The monoisotopic (exact) mass is 408 g/mol. The first kappa shape index (κ1) is 19.6. The van der Waals surface area contributed by atoms with Crippen molar-refractivity contribution >= 4 is 28.8 Å². The van der Waals surface area contributed by atoms with Crippen LogP contribution in [0.25, 0.3) is 11.0 Å². The number of amides is 2. The lowest BCUT2D eigenvalue weighted by molar-refractivity contribution is -0.131. The number of hydrogen-bond donors (Lipinski definition) is 2. The molecule has 0 radical (unpaired) electrons. The molecule has 1 aromatic heterocycles. The van der Waals surface area contributed by atoms with E-state index in [1.807, 2.05) is 28.8 Å². The van der Waals surface area contributed by atoms with Gasteiger partial charge in [0.15, 0.2) is 0 Å². The maximum atomic E-state index is 12.7. The average Bonchev–Trinajstić information content (AvgIpc) is 3.02. The fourth-order valence-corrected chi connectivity index (χ4v) is 6.88. The molecule has 1 heterocycles. The van der Waals surface area contributed by atoms with E-state index < -0.39 is 0 Å². The first-order valence-electron chi connectivity index (χ1n) is 11.6. The first-order chi connectivity index (χ1) is 14.5. The van der Waals surface area contributed by atoms with E-state index in [1.165, 1.54) is 38.5 Å². The van der Waals surface area contributed by atoms with E-state index in [0.29, 0.717) is 12.4 Å². The molecule has 2 amide bonds. The summed E-state index contributed by atoms with van der Waals surface area (Å²) in [5.74, 6) is 2.85. The number of anilines is 1. The van der Waals surface area contributed by atoms with Gasteiger partial charge >= 0.3 is 0 Å². The van der Waals surface area contributed by atoms with Gasteiger partial charge in [-0.15, -0.1) is 0 Å². The topological polar surface area (TPSA) is 76.0 Å². The van der Waals surface area contributed by atoms with Crippen molar-refractivity contribution in [3.63, 3.8) is 0 Å². The molecule has 6 rings (SSSR count). The van der Waals surface area contributed by atoms with Gasteiger partial charge in [-0.2, -0.15) is 0 Å². The second kappa shape index (κ2) is 7.71. The van der Waals surface area contributed by atoms with Gasteiger partial charge in [0.05, 0.1) is 17.6 Å². The lowest BCUT2D eigenvalue weighted by Crippen LogP contribution is -2.48. The van der Waals surface area contributed by atoms with Gasteiger partial charge in [0.25, 0.3) is 0 Å². The van der Waals surface area contributed by atoms with E-state index >= 15 is 0 Å². The standard InChI is InChI=1S/C24H32N4O2/c1-2-7-28-20-6-4-3-5-19(20)26-23(28)27-22(30)15-25-21(29)14-24-11-16-8-17(12-24)10-18(9-16)13-24/h3-6,16-18H,2,7-15H2,1H3,(H,25,29)(H,26,27,30). The largest absolute Gasteiger partial charge is 0.347 e. The van der Waals surface area contributed by atoms with Gasteiger partial charge in [-0.1, -0.05) is 19.1 Å². The highest BCUT2D eigenvalue weighted by Crippen LogP contribution is 2.61. The number of aryl methyl sites for hydroxylation is 1. The van der Waals surface area contributed by atoms with Crippen LogP contribution >= 0.6 is 0 Å². The summed E-state index contributed by atoms with van der Waals surface area (Å²) in [6.45, 7) is 2.89. The molecule has 4 fully saturated rings. The molecule has 0 atom stereocenters. The third kappa shape index (κ3) is 3.72. The minimum atomic E-state index is -0.221. The fourth-order valence-electron chi connectivity index (χ4n) is 6.88. The maximum absolute atomic E-state index is 12.7. The number of carbonyl (C=O) groups is 2. The minimum Gasteiger partial charge on any atom is -0.347 e. The highest BCUT2D eigenvalue weighted by molar-refractivity contribution is 5.95. The maximum Gasteiger partial charge on any atom is 0.246 e. The quantitative estimate of drug-likeness (QED) is 0.724. The van der Waals surface area contributed by atoms with Gasteiger partial charge < -0.3 is 9.88 Å². The number of nitrogens with one attached hydrogen (secondary N) is 2. The molecule has 0 spiro atoms. The summed E-state index contributed by atoms with van der Waals surface area (Å²) in [7, 11) is 0. The second-order valence-corrected chi connectivity index (χ2v) is 10.00. The summed E-state index contributed by atoms with van der Waals surface area (Å²) < 4.78 is 2.03. The summed E-state index contributed by atoms with van der Waals surface area (Å²) in [5, 5.41) is 5.77. The van der Waals surface area contributed by atoms with E-state index in [9.17, 15) is 9.59 Å². The number of para-hydroxylation sites is 2. The zero-order chi connectivity index (χ0) is 20.7. The number of benzene rings is 1. The molecule has 0 saturated heterocycles. The first-order valence-corrected chi connectivity index (χ1v) is 11.6. The van der Waals surface area contributed by atoms with Crippen molar-refractivity contribution in [2.45, 2.75) is 64.8 Å². The number of imidazole rings is 1. The van der Waals surface area contributed by atoms with E-state index in [4.69, 9.17) is 0 Å². The number of nitrogens with zero attached hydrogens (tertiary/aromatic N) is 2. The average molecular weight is 409 g/mol. The summed E-state index contributed by atoms with van der Waals surface area (Å²) in [4.78, 5) is 29.8. The van der Waals surface area contributed by atoms with Gasteiger partial charge in [-0.25, -0.2) is 4.98 Å². The normalized spacial score (nSPS) is 29.3. The van der Waals surface area contributed by atoms with Crippen LogP contribution in [0.4, 0.5) is 5.95 Å². The fraction of sp³-hybridized carbons (Fsp3) is 0.625. The van der Waals surface area contributed by atoms with Gasteiger partial charge in [-0.3, -0.25) is 14.9 Å². The molecule has 2 N–H and O–H groups in total. The van der Waals surface area contributed by atoms with Crippen LogP contribution in [0.3, 0.4) is 0 Å². The van der Waals surface area contributed by atoms with Crippen molar-refractivity contribution in [2.75, 3.05) is 11.9 Å². The molecule has 4 bridgehead atoms. The predicted molar refractivity (Wildman–Crippen MR) is 117 cm³/mol. The summed E-state index contributed by atoms with van der Waals surface area (Å²) in [6, 6.07) is 7.89. The van der Waals surface area contributed by atoms with Crippen LogP contribution in [0.15, 0.2) is 24.3 Å². The number of rotatable bonds is 7.